The third kappa shape index (κ3) is 1.34. The second-order valence-corrected chi connectivity index (χ2v) is 3.65. The highest BCUT2D eigenvalue weighted by Crippen LogP contribution is 2.34. The lowest BCUT2D eigenvalue weighted by Crippen LogP contribution is -1.87. The van der Waals surface area contributed by atoms with Crippen LogP contribution in [-0.2, 0) is 7.05 Å². The Balaban J connectivity index is 2.98. The zero-order valence-corrected chi connectivity index (χ0v) is 9.17. The summed E-state index contributed by atoms with van der Waals surface area (Å²) in [5, 5.41) is 10.4. The molecule has 76 valence electrons. The number of methoxy groups -OCH3 is 1. The number of benzene rings is 1. The molecule has 0 amide bonds. The Morgan fingerprint density at radius 3 is 2.80 bits per heavy atom. The van der Waals surface area contributed by atoms with E-state index in [1.54, 1.807) is 25.4 Å². The van der Waals surface area contributed by atoms with Crippen molar-refractivity contribution in [3.63, 3.8) is 0 Å². The number of halogens is 1. The summed E-state index contributed by atoms with van der Waals surface area (Å²) in [6.07, 6.45) is 1.75. The summed E-state index contributed by atoms with van der Waals surface area (Å²) in [5.41, 5.74) is 1.40. The molecule has 0 aliphatic heterocycles. The molecule has 15 heavy (non-hydrogen) atoms. The first-order valence-corrected chi connectivity index (χ1v) is 4.78. The number of fused-ring (bicyclic) bond motifs is 1. The van der Waals surface area contributed by atoms with E-state index in [1.165, 1.54) is 0 Å². The van der Waals surface area contributed by atoms with Gasteiger partial charge >= 0.3 is 0 Å². The Bertz CT molecular complexity index is 566. The lowest BCUT2D eigenvalue weighted by molar-refractivity contribution is 0.420. The first kappa shape index (κ1) is 9.88. The molecule has 1 aromatic heterocycles. The molecule has 0 fully saturated rings. The Morgan fingerprint density at radius 1 is 1.47 bits per heavy atom. The number of hydrogen-bond donors (Lipinski definition) is 0. The Kier molecular flexibility index (Phi) is 2.29. The van der Waals surface area contributed by atoms with E-state index in [1.807, 2.05) is 11.6 Å². The molecule has 1 aromatic carbocycles. The number of nitrogens with zero attached hydrogens (tertiary/aromatic N) is 2. The second kappa shape index (κ2) is 3.48. The molecule has 2 rings (SSSR count). The van der Waals surface area contributed by atoms with E-state index in [0.717, 1.165) is 10.9 Å². The second-order valence-electron chi connectivity index (χ2n) is 3.24. The van der Waals surface area contributed by atoms with Crippen LogP contribution in [0.25, 0.3) is 10.9 Å². The van der Waals surface area contributed by atoms with Crippen molar-refractivity contribution in [3.05, 3.63) is 28.9 Å². The Morgan fingerprint density at radius 2 is 2.20 bits per heavy atom. The zero-order chi connectivity index (χ0) is 11.0. The van der Waals surface area contributed by atoms with Gasteiger partial charge in [0.1, 0.15) is 11.8 Å². The average Bonchev–Trinajstić information content (AvgIpc) is 2.58. The molecule has 1 heterocycles. The van der Waals surface area contributed by atoms with Crippen LogP contribution in [0, 0.1) is 11.3 Å². The van der Waals surface area contributed by atoms with Gasteiger partial charge in [0, 0.05) is 13.2 Å². The highest BCUT2D eigenvalue weighted by atomic mass is 35.5. The van der Waals surface area contributed by atoms with E-state index < -0.39 is 0 Å². The van der Waals surface area contributed by atoms with Crippen LogP contribution in [0.15, 0.2) is 18.3 Å². The maximum absolute atomic E-state index is 9.00. The first-order valence-electron chi connectivity index (χ1n) is 4.40. The average molecular weight is 221 g/mol. The van der Waals surface area contributed by atoms with Gasteiger partial charge in [-0.15, -0.1) is 0 Å². The smallest absolute Gasteiger partial charge is 0.129 e. The highest BCUT2D eigenvalue weighted by molar-refractivity contribution is 6.35. The van der Waals surface area contributed by atoms with Gasteiger partial charge in [0.2, 0.25) is 0 Å². The summed E-state index contributed by atoms with van der Waals surface area (Å²) < 4.78 is 7.05. The van der Waals surface area contributed by atoms with Gasteiger partial charge in [-0.25, -0.2) is 0 Å². The lowest BCUT2D eigenvalue weighted by Gasteiger charge is -2.04. The quantitative estimate of drug-likeness (QED) is 0.741. The van der Waals surface area contributed by atoms with Crippen LogP contribution in [0.2, 0.25) is 5.02 Å². The number of aromatic nitrogens is 1. The fourth-order valence-electron chi connectivity index (χ4n) is 1.73. The normalized spacial score (nSPS) is 10.3. The zero-order valence-electron chi connectivity index (χ0n) is 8.41. The molecule has 0 saturated carbocycles. The van der Waals surface area contributed by atoms with Crippen molar-refractivity contribution < 1.29 is 4.74 Å². The van der Waals surface area contributed by atoms with Gasteiger partial charge in [0.25, 0.3) is 0 Å². The van der Waals surface area contributed by atoms with E-state index in [2.05, 4.69) is 6.07 Å². The molecule has 0 N–H and O–H groups in total. The minimum atomic E-state index is 0.576. The molecule has 0 spiro atoms. The van der Waals surface area contributed by atoms with Crippen LogP contribution in [0.5, 0.6) is 5.75 Å². The summed E-state index contributed by atoms with van der Waals surface area (Å²) in [4.78, 5) is 0. The van der Waals surface area contributed by atoms with E-state index in [0.29, 0.717) is 16.3 Å². The topological polar surface area (TPSA) is 37.9 Å². The number of ether oxygens (including phenoxy) is 1. The van der Waals surface area contributed by atoms with E-state index >= 15 is 0 Å². The van der Waals surface area contributed by atoms with Crippen molar-refractivity contribution in [1.82, 2.24) is 4.57 Å². The number of aryl methyl sites for hydroxylation is 1. The molecule has 0 radical (unpaired) electrons. The fraction of sp³-hybridized carbons (Fsp3) is 0.182. The standard InChI is InChI=1S/C11H9ClN2O/c1-14-6-7(5-13)10-9(15-2)4-3-8(12)11(10)14/h3-4,6H,1-2H3. The van der Waals surface area contributed by atoms with Gasteiger partial charge in [-0.05, 0) is 12.1 Å². The minimum absolute atomic E-state index is 0.576. The van der Waals surface area contributed by atoms with Gasteiger partial charge in [-0.3, -0.25) is 0 Å². The van der Waals surface area contributed by atoms with Crippen molar-refractivity contribution >= 4 is 22.5 Å². The predicted molar refractivity (Wildman–Crippen MR) is 59.2 cm³/mol. The van der Waals surface area contributed by atoms with Gasteiger partial charge < -0.3 is 9.30 Å². The minimum Gasteiger partial charge on any atom is -0.496 e. The van der Waals surface area contributed by atoms with Crippen LogP contribution < -0.4 is 4.74 Å². The van der Waals surface area contributed by atoms with Crippen molar-refractivity contribution in [2.24, 2.45) is 7.05 Å². The van der Waals surface area contributed by atoms with Crippen molar-refractivity contribution in [2.75, 3.05) is 7.11 Å². The molecule has 0 aliphatic carbocycles. The molecule has 2 aromatic rings. The van der Waals surface area contributed by atoms with Crippen LogP contribution >= 0.6 is 11.6 Å². The third-order valence-electron chi connectivity index (χ3n) is 2.38. The summed E-state index contributed by atoms with van der Waals surface area (Å²) in [6, 6.07) is 5.67. The molecule has 0 unspecified atom stereocenters. The fourth-order valence-corrected chi connectivity index (χ4v) is 2.02. The summed E-state index contributed by atoms with van der Waals surface area (Å²) in [7, 11) is 3.44. The molecule has 0 atom stereocenters. The monoisotopic (exact) mass is 220 g/mol. The maximum atomic E-state index is 9.00. The molecular weight excluding hydrogens is 212 g/mol. The van der Waals surface area contributed by atoms with Crippen LogP contribution in [0.3, 0.4) is 0 Å². The maximum Gasteiger partial charge on any atom is 0.129 e. The Labute approximate surface area is 92.4 Å². The van der Waals surface area contributed by atoms with E-state index in [4.69, 9.17) is 21.6 Å². The van der Waals surface area contributed by atoms with Crippen LogP contribution in [-0.4, -0.2) is 11.7 Å². The largest absolute Gasteiger partial charge is 0.496 e. The third-order valence-corrected chi connectivity index (χ3v) is 2.68. The van der Waals surface area contributed by atoms with Gasteiger partial charge in [-0.2, -0.15) is 5.26 Å². The van der Waals surface area contributed by atoms with Crippen LogP contribution in [0.4, 0.5) is 0 Å². The van der Waals surface area contributed by atoms with Crippen molar-refractivity contribution in [3.8, 4) is 11.8 Å². The van der Waals surface area contributed by atoms with Gasteiger partial charge in [0.05, 0.1) is 28.6 Å². The number of rotatable bonds is 1. The first-order chi connectivity index (χ1) is 7.19. The number of nitriles is 1. The number of hydrogen-bond acceptors (Lipinski definition) is 2. The van der Waals surface area contributed by atoms with Gasteiger partial charge in [0.15, 0.2) is 0 Å². The predicted octanol–water partition coefficient (Wildman–Crippen LogP) is 2.71. The van der Waals surface area contributed by atoms with E-state index in [9.17, 15) is 0 Å². The van der Waals surface area contributed by atoms with Crippen molar-refractivity contribution in [2.45, 2.75) is 0 Å². The van der Waals surface area contributed by atoms with E-state index in [-0.39, 0.29) is 0 Å². The molecule has 4 heteroatoms. The molecule has 0 aliphatic rings. The van der Waals surface area contributed by atoms with Crippen LogP contribution in [0.1, 0.15) is 5.56 Å². The highest BCUT2D eigenvalue weighted by Gasteiger charge is 2.13. The summed E-state index contributed by atoms with van der Waals surface area (Å²) >= 11 is 6.08. The molecule has 0 saturated heterocycles. The Hall–Kier alpha value is -1.66. The summed E-state index contributed by atoms with van der Waals surface area (Å²) in [6.45, 7) is 0. The summed E-state index contributed by atoms with van der Waals surface area (Å²) in [5.74, 6) is 0.673. The van der Waals surface area contributed by atoms with Crippen molar-refractivity contribution in [1.29, 1.82) is 5.26 Å². The van der Waals surface area contributed by atoms with Gasteiger partial charge in [-0.1, -0.05) is 11.6 Å². The lowest BCUT2D eigenvalue weighted by atomic mass is 10.1. The molecular formula is C11H9ClN2O. The molecule has 0 bridgehead atoms. The SMILES string of the molecule is COc1ccc(Cl)c2c1c(C#N)cn2C. The molecule has 3 nitrogen and oxygen atoms in total.